The van der Waals surface area contributed by atoms with E-state index in [1.807, 2.05) is 0 Å². The molecule has 1 aliphatic heterocycles. The molecule has 0 aliphatic carbocycles. The van der Waals surface area contributed by atoms with E-state index in [1.165, 1.54) is 13.5 Å². The maximum atomic E-state index is 11.7. The van der Waals surface area contributed by atoms with E-state index in [1.54, 1.807) is 11.9 Å². The number of methoxy groups -OCH3 is 1. The van der Waals surface area contributed by atoms with Gasteiger partial charge in [0.25, 0.3) is 0 Å². The fraction of sp³-hybridized carbons (Fsp3) is 0.833. The molecule has 1 rings (SSSR count). The van der Waals surface area contributed by atoms with Crippen molar-refractivity contribution in [3.05, 3.63) is 0 Å². The number of ether oxygens (including phenoxy) is 1. The molecular formula is C12H22N2O3. The van der Waals surface area contributed by atoms with Crippen molar-refractivity contribution in [1.82, 2.24) is 9.80 Å². The summed E-state index contributed by atoms with van der Waals surface area (Å²) in [5.41, 5.74) is 0. The first kappa shape index (κ1) is 14.0. The topological polar surface area (TPSA) is 49.9 Å². The van der Waals surface area contributed by atoms with Crippen molar-refractivity contribution >= 4 is 11.9 Å². The van der Waals surface area contributed by atoms with Crippen LogP contribution in [0.5, 0.6) is 0 Å². The molecule has 0 radical (unpaired) electrons. The zero-order valence-electron chi connectivity index (χ0n) is 10.9. The number of hydrogen-bond donors (Lipinski definition) is 0. The van der Waals surface area contributed by atoms with Gasteiger partial charge in [0.05, 0.1) is 7.11 Å². The maximum absolute atomic E-state index is 11.7. The van der Waals surface area contributed by atoms with Crippen molar-refractivity contribution in [2.45, 2.75) is 19.3 Å². The van der Waals surface area contributed by atoms with Crippen molar-refractivity contribution in [2.75, 3.05) is 40.8 Å². The van der Waals surface area contributed by atoms with Crippen LogP contribution in [-0.2, 0) is 14.3 Å². The molecule has 5 heteroatoms. The molecule has 0 aromatic heterocycles. The highest BCUT2D eigenvalue weighted by molar-refractivity contribution is 5.94. The van der Waals surface area contributed by atoms with Crippen LogP contribution in [0.3, 0.4) is 0 Å². The Kier molecular flexibility index (Phi) is 5.41. The molecule has 1 saturated heterocycles. The maximum Gasteiger partial charge on any atom is 0.315 e. The number of amides is 1. The third-order valence-corrected chi connectivity index (χ3v) is 3.20. The number of nitrogens with zero attached hydrogens (tertiary/aromatic N) is 2. The van der Waals surface area contributed by atoms with Gasteiger partial charge in [-0.1, -0.05) is 0 Å². The van der Waals surface area contributed by atoms with Gasteiger partial charge in [0.1, 0.15) is 6.42 Å². The summed E-state index contributed by atoms with van der Waals surface area (Å²) < 4.78 is 4.48. The van der Waals surface area contributed by atoms with E-state index in [2.05, 4.69) is 16.7 Å². The highest BCUT2D eigenvalue weighted by Gasteiger charge is 2.21. The molecule has 17 heavy (non-hydrogen) atoms. The molecule has 0 bridgehead atoms. The van der Waals surface area contributed by atoms with Crippen LogP contribution < -0.4 is 0 Å². The van der Waals surface area contributed by atoms with Crippen molar-refractivity contribution in [2.24, 2.45) is 5.92 Å². The summed E-state index contributed by atoms with van der Waals surface area (Å²) in [6.07, 6.45) is 2.18. The molecule has 0 saturated carbocycles. The Morgan fingerprint density at radius 3 is 2.76 bits per heavy atom. The lowest BCUT2D eigenvalue weighted by molar-refractivity contribution is -0.146. The largest absolute Gasteiger partial charge is 0.469 e. The molecular weight excluding hydrogens is 220 g/mol. The summed E-state index contributed by atoms with van der Waals surface area (Å²) in [6, 6.07) is 0. The number of piperidine rings is 1. The number of carbonyl (C=O) groups is 2. The molecule has 0 spiro atoms. The Labute approximate surface area is 103 Å². The second-order valence-electron chi connectivity index (χ2n) is 4.80. The Balaban J connectivity index is 2.34. The van der Waals surface area contributed by atoms with Gasteiger partial charge < -0.3 is 14.5 Å². The van der Waals surface area contributed by atoms with Crippen molar-refractivity contribution in [3.8, 4) is 0 Å². The van der Waals surface area contributed by atoms with Crippen molar-refractivity contribution in [3.63, 3.8) is 0 Å². The molecule has 0 aromatic carbocycles. The van der Waals surface area contributed by atoms with Crippen LogP contribution >= 0.6 is 0 Å². The van der Waals surface area contributed by atoms with Crippen LogP contribution in [0.15, 0.2) is 0 Å². The Morgan fingerprint density at radius 2 is 2.18 bits per heavy atom. The van der Waals surface area contributed by atoms with Gasteiger partial charge in [-0.05, 0) is 32.4 Å². The fourth-order valence-electron chi connectivity index (χ4n) is 2.24. The number of carbonyl (C=O) groups excluding carboxylic acids is 2. The highest BCUT2D eigenvalue weighted by atomic mass is 16.5. The first-order valence-electron chi connectivity index (χ1n) is 6.02. The van der Waals surface area contributed by atoms with Crippen molar-refractivity contribution < 1.29 is 14.3 Å². The van der Waals surface area contributed by atoms with Crippen LogP contribution in [0, 0.1) is 5.92 Å². The minimum absolute atomic E-state index is 0.157. The zero-order valence-corrected chi connectivity index (χ0v) is 10.9. The minimum Gasteiger partial charge on any atom is -0.469 e. The number of likely N-dealkylation sites (tertiary alicyclic amines) is 1. The predicted octanol–water partition coefficient (Wildman–Crippen LogP) is 0.350. The van der Waals surface area contributed by atoms with Gasteiger partial charge in [0.2, 0.25) is 5.91 Å². The van der Waals surface area contributed by atoms with Crippen LogP contribution in [-0.4, -0.2) is 62.5 Å². The zero-order chi connectivity index (χ0) is 12.8. The van der Waals surface area contributed by atoms with Crippen LogP contribution in [0.25, 0.3) is 0 Å². The lowest BCUT2D eigenvalue weighted by atomic mass is 9.98. The lowest BCUT2D eigenvalue weighted by Crippen LogP contribution is -2.40. The lowest BCUT2D eigenvalue weighted by Gasteiger charge is -2.32. The minimum atomic E-state index is -0.470. The second-order valence-corrected chi connectivity index (χ2v) is 4.80. The molecule has 5 nitrogen and oxygen atoms in total. The van der Waals surface area contributed by atoms with Crippen molar-refractivity contribution in [1.29, 1.82) is 0 Å². The fourth-order valence-corrected chi connectivity index (χ4v) is 2.24. The average molecular weight is 242 g/mol. The van der Waals surface area contributed by atoms with Crippen LogP contribution in [0.2, 0.25) is 0 Å². The summed E-state index contributed by atoms with van der Waals surface area (Å²) in [5.74, 6) is -0.118. The molecule has 98 valence electrons. The average Bonchev–Trinajstić information content (AvgIpc) is 2.28. The van der Waals surface area contributed by atoms with Gasteiger partial charge in [0, 0.05) is 20.1 Å². The first-order chi connectivity index (χ1) is 8.02. The highest BCUT2D eigenvalue weighted by Crippen LogP contribution is 2.16. The summed E-state index contributed by atoms with van der Waals surface area (Å²) in [7, 11) is 5.15. The van der Waals surface area contributed by atoms with E-state index < -0.39 is 5.97 Å². The molecule has 0 aromatic rings. The second kappa shape index (κ2) is 6.59. The van der Waals surface area contributed by atoms with Gasteiger partial charge in [0.15, 0.2) is 0 Å². The molecule has 0 N–H and O–H groups in total. The molecule has 1 unspecified atom stereocenters. The third-order valence-electron chi connectivity index (χ3n) is 3.20. The van der Waals surface area contributed by atoms with Gasteiger partial charge >= 0.3 is 5.97 Å². The summed E-state index contributed by atoms with van der Waals surface area (Å²) in [6.45, 7) is 2.88. The number of hydrogen-bond acceptors (Lipinski definition) is 4. The summed E-state index contributed by atoms with van der Waals surface area (Å²) >= 11 is 0. The van der Waals surface area contributed by atoms with E-state index in [4.69, 9.17) is 0 Å². The molecule has 1 fully saturated rings. The molecule has 1 aliphatic rings. The van der Waals surface area contributed by atoms with E-state index in [0.29, 0.717) is 5.92 Å². The number of esters is 1. The van der Waals surface area contributed by atoms with E-state index in [-0.39, 0.29) is 12.3 Å². The normalized spacial score (nSPS) is 21.0. The monoisotopic (exact) mass is 242 g/mol. The van der Waals surface area contributed by atoms with Gasteiger partial charge in [-0.25, -0.2) is 0 Å². The Morgan fingerprint density at radius 1 is 1.47 bits per heavy atom. The standard InChI is InChI=1S/C12H22N2O3/c1-13-6-4-5-10(8-13)9-14(2)11(15)7-12(16)17-3/h10H,4-9H2,1-3H3. The molecule has 1 amide bonds. The molecule has 1 heterocycles. The van der Waals surface area contributed by atoms with E-state index >= 15 is 0 Å². The first-order valence-corrected chi connectivity index (χ1v) is 6.02. The van der Waals surface area contributed by atoms with Crippen LogP contribution in [0.4, 0.5) is 0 Å². The van der Waals surface area contributed by atoms with E-state index in [0.717, 1.165) is 26.1 Å². The summed E-state index contributed by atoms with van der Waals surface area (Å²) in [4.78, 5) is 26.6. The van der Waals surface area contributed by atoms with E-state index in [9.17, 15) is 9.59 Å². The predicted molar refractivity (Wildman–Crippen MR) is 64.5 cm³/mol. The Hall–Kier alpha value is -1.10. The third kappa shape index (κ3) is 4.73. The Bertz CT molecular complexity index is 281. The van der Waals surface area contributed by atoms with Gasteiger partial charge in [-0.15, -0.1) is 0 Å². The SMILES string of the molecule is COC(=O)CC(=O)N(C)CC1CCCN(C)C1. The summed E-state index contributed by atoms with van der Waals surface area (Å²) in [5, 5.41) is 0. The quantitative estimate of drug-likeness (QED) is 0.527. The molecule has 1 atom stereocenters. The van der Waals surface area contributed by atoms with Gasteiger partial charge in [-0.2, -0.15) is 0 Å². The smallest absolute Gasteiger partial charge is 0.315 e. The van der Waals surface area contributed by atoms with Crippen LogP contribution in [0.1, 0.15) is 19.3 Å². The van der Waals surface area contributed by atoms with Gasteiger partial charge in [-0.3, -0.25) is 9.59 Å². The number of rotatable bonds is 4.